The molecule has 0 aromatic rings. The number of unbranched alkanes of at least 4 members (excludes halogenated alkanes) is 1. The zero-order valence-electron chi connectivity index (χ0n) is 13.2. The molecule has 1 rings (SSSR count). The Morgan fingerprint density at radius 1 is 1.22 bits per heavy atom. The molecule has 1 aliphatic rings. The van der Waals surface area contributed by atoms with Crippen molar-refractivity contribution >= 4 is 0 Å². The van der Waals surface area contributed by atoms with Crippen molar-refractivity contribution in [3.05, 3.63) is 0 Å². The Labute approximate surface area is 114 Å². The second kappa shape index (κ2) is 7.49. The molecule has 108 valence electrons. The molecule has 5 unspecified atom stereocenters. The fraction of sp³-hybridized carbons (Fsp3) is 1.00. The van der Waals surface area contributed by atoms with Crippen LogP contribution in [0.5, 0.6) is 0 Å². The molecule has 2 heteroatoms. The fourth-order valence-corrected chi connectivity index (χ4v) is 3.71. The van der Waals surface area contributed by atoms with Crippen molar-refractivity contribution in [2.75, 3.05) is 6.54 Å². The third-order valence-electron chi connectivity index (χ3n) is 4.78. The third-order valence-corrected chi connectivity index (χ3v) is 4.78. The average molecular weight is 254 g/mol. The Bertz CT molecular complexity index is 217. The van der Waals surface area contributed by atoms with Gasteiger partial charge in [-0.25, -0.2) is 0 Å². The van der Waals surface area contributed by atoms with E-state index in [1.807, 2.05) is 0 Å². The van der Waals surface area contributed by atoms with Gasteiger partial charge < -0.3 is 5.73 Å². The first-order valence-corrected chi connectivity index (χ1v) is 8.02. The molecule has 0 bridgehead atoms. The SMILES string of the molecule is CCCCN(C(C)CC)C1C(C)CC(C)CC1N. The van der Waals surface area contributed by atoms with E-state index in [0.29, 0.717) is 18.1 Å². The van der Waals surface area contributed by atoms with Gasteiger partial charge in [-0.05, 0) is 51.0 Å². The molecule has 2 N–H and O–H groups in total. The Morgan fingerprint density at radius 2 is 1.89 bits per heavy atom. The van der Waals surface area contributed by atoms with E-state index in [1.165, 1.54) is 38.6 Å². The molecule has 18 heavy (non-hydrogen) atoms. The predicted octanol–water partition coefficient (Wildman–Crippen LogP) is 3.65. The maximum Gasteiger partial charge on any atom is 0.0275 e. The smallest absolute Gasteiger partial charge is 0.0275 e. The van der Waals surface area contributed by atoms with Gasteiger partial charge in [-0.3, -0.25) is 4.90 Å². The van der Waals surface area contributed by atoms with Gasteiger partial charge in [0, 0.05) is 18.1 Å². The predicted molar refractivity (Wildman–Crippen MR) is 80.7 cm³/mol. The quantitative estimate of drug-likeness (QED) is 0.784. The van der Waals surface area contributed by atoms with Crippen LogP contribution in [0.3, 0.4) is 0 Å². The first-order chi connectivity index (χ1) is 8.51. The Balaban J connectivity index is 2.75. The lowest BCUT2D eigenvalue weighted by molar-refractivity contribution is 0.0439. The molecular formula is C16H34N2. The highest BCUT2D eigenvalue weighted by Crippen LogP contribution is 2.32. The van der Waals surface area contributed by atoms with E-state index < -0.39 is 0 Å². The van der Waals surface area contributed by atoms with Gasteiger partial charge in [-0.2, -0.15) is 0 Å². The molecule has 0 amide bonds. The van der Waals surface area contributed by atoms with E-state index in [1.54, 1.807) is 0 Å². The second-order valence-corrected chi connectivity index (χ2v) is 6.56. The van der Waals surface area contributed by atoms with Crippen molar-refractivity contribution < 1.29 is 0 Å². The standard InChI is InChI=1S/C16H34N2/c1-6-8-9-18(14(5)7-2)16-13(4)10-12(3)11-15(16)17/h12-16H,6-11,17H2,1-5H3. The van der Waals surface area contributed by atoms with Crippen molar-refractivity contribution in [1.29, 1.82) is 0 Å². The normalized spacial score (nSPS) is 34.8. The monoisotopic (exact) mass is 254 g/mol. The topological polar surface area (TPSA) is 29.3 Å². The highest BCUT2D eigenvalue weighted by atomic mass is 15.2. The highest BCUT2D eigenvalue weighted by molar-refractivity contribution is 4.93. The summed E-state index contributed by atoms with van der Waals surface area (Å²) in [6, 6.07) is 1.64. The van der Waals surface area contributed by atoms with Gasteiger partial charge in [0.05, 0.1) is 0 Å². The minimum absolute atomic E-state index is 0.370. The lowest BCUT2D eigenvalue weighted by atomic mass is 9.75. The summed E-state index contributed by atoms with van der Waals surface area (Å²) in [5.41, 5.74) is 6.48. The molecule has 0 radical (unpaired) electrons. The van der Waals surface area contributed by atoms with Crippen LogP contribution < -0.4 is 5.73 Å². The van der Waals surface area contributed by atoms with Gasteiger partial charge in [-0.1, -0.05) is 34.1 Å². The fourth-order valence-electron chi connectivity index (χ4n) is 3.71. The summed E-state index contributed by atoms with van der Waals surface area (Å²) >= 11 is 0. The van der Waals surface area contributed by atoms with E-state index in [0.717, 1.165) is 11.8 Å². The van der Waals surface area contributed by atoms with Crippen molar-refractivity contribution in [3.8, 4) is 0 Å². The zero-order chi connectivity index (χ0) is 13.7. The van der Waals surface area contributed by atoms with Gasteiger partial charge in [0.2, 0.25) is 0 Å². The molecule has 0 aromatic heterocycles. The van der Waals surface area contributed by atoms with Gasteiger partial charge >= 0.3 is 0 Å². The molecule has 1 aliphatic carbocycles. The van der Waals surface area contributed by atoms with Crippen molar-refractivity contribution in [2.45, 2.75) is 84.8 Å². The van der Waals surface area contributed by atoms with Crippen LogP contribution in [0, 0.1) is 11.8 Å². The largest absolute Gasteiger partial charge is 0.326 e. The number of hydrogen-bond acceptors (Lipinski definition) is 2. The van der Waals surface area contributed by atoms with Gasteiger partial charge in [0.15, 0.2) is 0 Å². The zero-order valence-corrected chi connectivity index (χ0v) is 13.2. The van der Waals surface area contributed by atoms with Crippen molar-refractivity contribution in [3.63, 3.8) is 0 Å². The maximum atomic E-state index is 6.48. The van der Waals surface area contributed by atoms with Crippen LogP contribution in [-0.2, 0) is 0 Å². The molecule has 1 saturated carbocycles. The number of nitrogens with two attached hydrogens (primary N) is 1. The highest BCUT2D eigenvalue weighted by Gasteiger charge is 2.36. The summed E-state index contributed by atoms with van der Waals surface area (Å²) < 4.78 is 0. The Kier molecular flexibility index (Phi) is 6.65. The van der Waals surface area contributed by atoms with E-state index in [4.69, 9.17) is 5.73 Å². The third kappa shape index (κ3) is 3.96. The van der Waals surface area contributed by atoms with E-state index in [9.17, 15) is 0 Å². The summed E-state index contributed by atoms with van der Waals surface area (Å²) in [7, 11) is 0. The first kappa shape index (κ1) is 16.0. The Morgan fingerprint density at radius 3 is 2.39 bits per heavy atom. The van der Waals surface area contributed by atoms with E-state index in [-0.39, 0.29) is 0 Å². The van der Waals surface area contributed by atoms with Crippen molar-refractivity contribution in [1.82, 2.24) is 4.90 Å². The summed E-state index contributed by atoms with van der Waals surface area (Å²) in [5.74, 6) is 1.55. The van der Waals surface area contributed by atoms with Crippen LogP contribution in [-0.4, -0.2) is 29.6 Å². The summed E-state index contributed by atoms with van der Waals surface area (Å²) in [6.07, 6.45) is 6.36. The molecule has 0 aliphatic heterocycles. The molecule has 0 heterocycles. The van der Waals surface area contributed by atoms with E-state index in [2.05, 4.69) is 39.5 Å². The molecule has 0 saturated heterocycles. The van der Waals surface area contributed by atoms with Crippen LogP contribution in [0.25, 0.3) is 0 Å². The minimum Gasteiger partial charge on any atom is -0.326 e. The molecule has 1 fully saturated rings. The second-order valence-electron chi connectivity index (χ2n) is 6.56. The average Bonchev–Trinajstić information content (AvgIpc) is 2.31. The molecule has 2 nitrogen and oxygen atoms in total. The van der Waals surface area contributed by atoms with Crippen molar-refractivity contribution in [2.24, 2.45) is 17.6 Å². The number of rotatable bonds is 6. The molecule has 5 atom stereocenters. The summed E-state index contributed by atoms with van der Waals surface area (Å²) in [5, 5.41) is 0. The lowest BCUT2D eigenvalue weighted by Gasteiger charge is -2.47. The van der Waals surface area contributed by atoms with Crippen LogP contribution in [0.1, 0.15) is 66.7 Å². The van der Waals surface area contributed by atoms with Gasteiger partial charge in [-0.15, -0.1) is 0 Å². The lowest BCUT2D eigenvalue weighted by Crippen LogP contribution is -2.57. The van der Waals surface area contributed by atoms with Crippen LogP contribution in [0.4, 0.5) is 0 Å². The Hall–Kier alpha value is -0.0800. The summed E-state index contributed by atoms with van der Waals surface area (Å²) in [4.78, 5) is 2.71. The molecule has 0 spiro atoms. The van der Waals surface area contributed by atoms with Crippen LogP contribution in [0.15, 0.2) is 0 Å². The minimum atomic E-state index is 0.370. The van der Waals surface area contributed by atoms with Crippen LogP contribution >= 0.6 is 0 Å². The van der Waals surface area contributed by atoms with Gasteiger partial charge in [0.1, 0.15) is 0 Å². The number of hydrogen-bond donors (Lipinski definition) is 1. The first-order valence-electron chi connectivity index (χ1n) is 8.02. The van der Waals surface area contributed by atoms with E-state index >= 15 is 0 Å². The summed E-state index contributed by atoms with van der Waals surface area (Å²) in [6.45, 7) is 12.9. The molecular weight excluding hydrogens is 220 g/mol. The maximum absolute atomic E-state index is 6.48. The van der Waals surface area contributed by atoms with Gasteiger partial charge in [0.25, 0.3) is 0 Å². The number of nitrogens with zero attached hydrogens (tertiary/aromatic N) is 1. The van der Waals surface area contributed by atoms with Crippen LogP contribution in [0.2, 0.25) is 0 Å². The molecule has 0 aromatic carbocycles.